The molecule has 0 radical (unpaired) electrons. The lowest BCUT2D eigenvalue weighted by Gasteiger charge is -2.30. The second-order valence-electron chi connectivity index (χ2n) is 6.15. The van der Waals surface area contributed by atoms with Crippen LogP contribution in [0.3, 0.4) is 0 Å². The third kappa shape index (κ3) is 3.35. The van der Waals surface area contributed by atoms with Gasteiger partial charge < -0.3 is 9.32 Å². The molecule has 0 aliphatic carbocycles. The zero-order chi connectivity index (χ0) is 17.1. The van der Waals surface area contributed by atoms with Crippen molar-refractivity contribution in [2.45, 2.75) is 31.7 Å². The maximum Gasteiger partial charge on any atom is 0.266 e. The SMILES string of the molecule is O=C(c1cnc(-c2ccco2)s1)N1CCCCCC1c1ccncc1. The van der Waals surface area contributed by atoms with Crippen molar-refractivity contribution in [3.8, 4) is 10.8 Å². The normalized spacial score (nSPS) is 18.1. The fourth-order valence-electron chi connectivity index (χ4n) is 3.31. The first-order valence-electron chi connectivity index (χ1n) is 8.53. The fourth-order valence-corrected chi connectivity index (χ4v) is 4.15. The molecule has 0 bridgehead atoms. The van der Waals surface area contributed by atoms with Gasteiger partial charge in [-0.2, -0.15) is 0 Å². The Morgan fingerprint density at radius 2 is 2.08 bits per heavy atom. The predicted octanol–water partition coefficient (Wildman–Crippen LogP) is 4.56. The minimum absolute atomic E-state index is 0.0546. The van der Waals surface area contributed by atoms with Gasteiger partial charge in [0.25, 0.3) is 5.91 Å². The molecule has 128 valence electrons. The number of pyridine rings is 1. The Kier molecular flexibility index (Phi) is 4.61. The van der Waals surface area contributed by atoms with Gasteiger partial charge in [0.1, 0.15) is 4.88 Å². The molecule has 6 heteroatoms. The Hall–Kier alpha value is -2.47. The molecule has 1 saturated heterocycles. The summed E-state index contributed by atoms with van der Waals surface area (Å²) in [6, 6.07) is 7.81. The van der Waals surface area contributed by atoms with Crippen LogP contribution >= 0.6 is 11.3 Å². The third-order valence-corrected chi connectivity index (χ3v) is 5.55. The van der Waals surface area contributed by atoms with E-state index in [1.807, 2.05) is 29.2 Å². The first kappa shape index (κ1) is 16.0. The predicted molar refractivity (Wildman–Crippen MR) is 96.3 cm³/mol. The van der Waals surface area contributed by atoms with Crippen molar-refractivity contribution < 1.29 is 9.21 Å². The van der Waals surface area contributed by atoms with Crippen LogP contribution < -0.4 is 0 Å². The Morgan fingerprint density at radius 3 is 2.88 bits per heavy atom. The molecule has 0 spiro atoms. The Morgan fingerprint density at radius 1 is 1.20 bits per heavy atom. The number of aromatic nitrogens is 2. The first-order valence-corrected chi connectivity index (χ1v) is 9.35. The van der Waals surface area contributed by atoms with Gasteiger partial charge in [0, 0.05) is 18.9 Å². The summed E-state index contributed by atoms with van der Waals surface area (Å²) in [5.41, 5.74) is 1.15. The van der Waals surface area contributed by atoms with Crippen LogP contribution in [0.1, 0.15) is 47.0 Å². The zero-order valence-electron chi connectivity index (χ0n) is 13.8. The second kappa shape index (κ2) is 7.19. The molecular weight excluding hydrogens is 334 g/mol. The molecule has 1 unspecified atom stereocenters. The smallest absolute Gasteiger partial charge is 0.266 e. The lowest BCUT2D eigenvalue weighted by Crippen LogP contribution is -2.34. The number of carbonyl (C=O) groups is 1. The van der Waals surface area contributed by atoms with E-state index in [1.165, 1.54) is 11.3 Å². The standard InChI is InChI=1S/C19H19N3O2S/c23-19(17-13-21-18(25-17)16-6-4-12-24-16)22-11-3-1-2-5-15(22)14-7-9-20-10-8-14/h4,6-10,12-13,15H,1-3,5,11H2. The van der Waals surface area contributed by atoms with E-state index >= 15 is 0 Å². The van der Waals surface area contributed by atoms with Crippen molar-refractivity contribution in [3.05, 3.63) is 59.6 Å². The summed E-state index contributed by atoms with van der Waals surface area (Å²) in [6.07, 6.45) is 11.2. The zero-order valence-corrected chi connectivity index (χ0v) is 14.6. The van der Waals surface area contributed by atoms with Crippen molar-refractivity contribution in [1.82, 2.24) is 14.9 Å². The number of furan rings is 1. The summed E-state index contributed by atoms with van der Waals surface area (Å²) < 4.78 is 5.38. The van der Waals surface area contributed by atoms with Gasteiger partial charge >= 0.3 is 0 Å². The molecule has 4 heterocycles. The molecule has 3 aromatic heterocycles. The van der Waals surface area contributed by atoms with Crippen LogP contribution in [0.15, 0.2) is 53.5 Å². The van der Waals surface area contributed by atoms with E-state index < -0.39 is 0 Å². The highest BCUT2D eigenvalue weighted by Gasteiger charge is 2.28. The van der Waals surface area contributed by atoms with Crippen LogP contribution in [0.25, 0.3) is 10.8 Å². The van der Waals surface area contributed by atoms with Crippen molar-refractivity contribution in [2.75, 3.05) is 6.54 Å². The molecular formula is C19H19N3O2S. The highest BCUT2D eigenvalue weighted by atomic mass is 32.1. The van der Waals surface area contributed by atoms with Crippen LogP contribution in [0.2, 0.25) is 0 Å². The molecule has 3 aromatic rings. The number of hydrogen-bond donors (Lipinski definition) is 0. The molecule has 1 atom stereocenters. The van der Waals surface area contributed by atoms with E-state index in [0.717, 1.165) is 42.8 Å². The summed E-state index contributed by atoms with van der Waals surface area (Å²) >= 11 is 1.39. The molecule has 1 aliphatic heterocycles. The van der Waals surface area contributed by atoms with Gasteiger partial charge in [0.2, 0.25) is 0 Å². The number of rotatable bonds is 3. The van der Waals surface area contributed by atoms with Gasteiger partial charge in [0.15, 0.2) is 10.8 Å². The van der Waals surface area contributed by atoms with E-state index in [0.29, 0.717) is 10.6 Å². The number of nitrogens with zero attached hydrogens (tertiary/aromatic N) is 3. The highest BCUT2D eigenvalue weighted by Crippen LogP contribution is 2.33. The quantitative estimate of drug-likeness (QED) is 0.693. The second-order valence-corrected chi connectivity index (χ2v) is 7.18. The van der Waals surface area contributed by atoms with Crippen molar-refractivity contribution in [1.29, 1.82) is 0 Å². The molecule has 1 aliphatic rings. The largest absolute Gasteiger partial charge is 0.462 e. The molecule has 0 N–H and O–H groups in total. The molecule has 1 fully saturated rings. The van der Waals surface area contributed by atoms with Gasteiger partial charge in [-0.05, 0) is 42.7 Å². The number of amides is 1. The molecule has 5 nitrogen and oxygen atoms in total. The number of hydrogen-bond acceptors (Lipinski definition) is 5. The summed E-state index contributed by atoms with van der Waals surface area (Å²) in [4.78, 5) is 24.3. The lowest BCUT2D eigenvalue weighted by molar-refractivity contribution is 0.0685. The van der Waals surface area contributed by atoms with Crippen LogP contribution in [-0.2, 0) is 0 Å². The van der Waals surface area contributed by atoms with Gasteiger partial charge in [-0.1, -0.05) is 12.8 Å². The highest BCUT2D eigenvalue weighted by molar-refractivity contribution is 7.16. The van der Waals surface area contributed by atoms with Gasteiger partial charge in [-0.25, -0.2) is 4.98 Å². The number of likely N-dealkylation sites (tertiary alicyclic amines) is 1. The lowest BCUT2D eigenvalue weighted by atomic mass is 10.0. The van der Waals surface area contributed by atoms with E-state index in [9.17, 15) is 4.79 Å². The van der Waals surface area contributed by atoms with Gasteiger partial charge in [-0.15, -0.1) is 11.3 Å². The summed E-state index contributed by atoms with van der Waals surface area (Å²) in [7, 11) is 0. The van der Waals surface area contributed by atoms with Crippen molar-refractivity contribution in [3.63, 3.8) is 0 Å². The topological polar surface area (TPSA) is 59.2 Å². The third-order valence-electron chi connectivity index (χ3n) is 4.55. The van der Waals surface area contributed by atoms with E-state index in [-0.39, 0.29) is 11.9 Å². The molecule has 0 saturated carbocycles. The average Bonchev–Trinajstić information content (AvgIpc) is 3.29. The van der Waals surface area contributed by atoms with Crippen LogP contribution in [0.5, 0.6) is 0 Å². The Labute approximate surface area is 150 Å². The first-order chi connectivity index (χ1) is 12.3. The molecule has 1 amide bonds. The minimum Gasteiger partial charge on any atom is -0.462 e. The van der Waals surface area contributed by atoms with Crippen LogP contribution in [0.4, 0.5) is 0 Å². The van der Waals surface area contributed by atoms with E-state index in [2.05, 4.69) is 9.97 Å². The average molecular weight is 353 g/mol. The molecule has 25 heavy (non-hydrogen) atoms. The maximum atomic E-state index is 13.2. The number of thiazole rings is 1. The minimum atomic E-state index is 0.0546. The molecule has 4 rings (SSSR count). The van der Waals surface area contributed by atoms with Gasteiger partial charge in [0.05, 0.1) is 18.5 Å². The summed E-state index contributed by atoms with van der Waals surface area (Å²) in [6.45, 7) is 0.778. The van der Waals surface area contributed by atoms with Gasteiger partial charge in [-0.3, -0.25) is 9.78 Å². The van der Waals surface area contributed by atoms with Crippen molar-refractivity contribution >= 4 is 17.2 Å². The maximum absolute atomic E-state index is 13.2. The van der Waals surface area contributed by atoms with Crippen molar-refractivity contribution in [2.24, 2.45) is 0 Å². The van der Waals surface area contributed by atoms with Crippen LogP contribution in [-0.4, -0.2) is 27.3 Å². The van der Waals surface area contributed by atoms with E-state index in [1.54, 1.807) is 24.9 Å². The van der Waals surface area contributed by atoms with Crippen LogP contribution in [0, 0.1) is 0 Å². The Bertz CT molecular complexity index is 829. The Balaban J connectivity index is 1.62. The fraction of sp³-hybridized carbons (Fsp3) is 0.316. The summed E-state index contributed by atoms with van der Waals surface area (Å²) in [5, 5.41) is 0.739. The summed E-state index contributed by atoms with van der Waals surface area (Å²) in [5.74, 6) is 0.754. The molecule has 0 aromatic carbocycles. The number of carbonyl (C=O) groups excluding carboxylic acids is 1. The van der Waals surface area contributed by atoms with E-state index in [4.69, 9.17) is 4.42 Å². The monoisotopic (exact) mass is 353 g/mol.